The topological polar surface area (TPSA) is 49.3 Å². The van der Waals surface area contributed by atoms with Gasteiger partial charge in [0.05, 0.1) is 6.42 Å². The number of benzene rings is 1. The van der Waals surface area contributed by atoms with E-state index >= 15 is 0 Å². The highest BCUT2D eigenvalue weighted by Crippen LogP contribution is 2.21. The minimum Gasteiger partial charge on any atom is -0.343 e. The average Bonchev–Trinajstić information content (AvgIpc) is 2.94. The van der Waals surface area contributed by atoms with Crippen molar-refractivity contribution in [1.82, 2.24) is 15.1 Å². The number of hydrogen-bond donors (Lipinski definition) is 0. The molecule has 0 N–H and O–H groups in total. The zero-order valence-corrected chi connectivity index (χ0v) is 13.9. The maximum absolute atomic E-state index is 12.4. The molecule has 1 aliphatic heterocycles. The van der Waals surface area contributed by atoms with Crippen molar-refractivity contribution in [2.24, 2.45) is 0 Å². The summed E-state index contributed by atoms with van der Waals surface area (Å²) in [6, 6.07) is 7.47. The van der Waals surface area contributed by atoms with Crippen molar-refractivity contribution in [2.45, 2.75) is 13.3 Å². The predicted molar refractivity (Wildman–Crippen MR) is 88.6 cm³/mol. The van der Waals surface area contributed by atoms with Crippen LogP contribution in [0.5, 0.6) is 0 Å². The number of carbonyl (C=O) groups is 1. The van der Waals surface area contributed by atoms with Crippen LogP contribution < -0.4 is 4.90 Å². The molecule has 0 saturated carbocycles. The molecular weight excluding hydrogens is 320 g/mol. The van der Waals surface area contributed by atoms with Crippen molar-refractivity contribution >= 4 is 34.0 Å². The standard InChI is InChI=1S/C15H17ClN4OS/c1-11-17-18-15(22-11)20-7-5-19(6-8-20)14(21)10-12-3-2-4-13(16)9-12/h2-4,9H,5-8,10H2,1H3. The number of aryl methyl sites for hydroxylation is 1. The Balaban J connectivity index is 1.55. The minimum atomic E-state index is 0.148. The van der Waals surface area contributed by atoms with E-state index in [0.29, 0.717) is 11.4 Å². The first-order valence-electron chi connectivity index (χ1n) is 7.19. The van der Waals surface area contributed by atoms with Gasteiger partial charge in [0.15, 0.2) is 0 Å². The van der Waals surface area contributed by atoms with Crippen molar-refractivity contribution in [2.75, 3.05) is 31.1 Å². The average molecular weight is 337 g/mol. The molecule has 0 aliphatic carbocycles. The van der Waals surface area contributed by atoms with Crippen molar-refractivity contribution < 1.29 is 4.79 Å². The van der Waals surface area contributed by atoms with Crippen molar-refractivity contribution in [3.05, 3.63) is 39.9 Å². The number of halogens is 1. The fraction of sp³-hybridized carbons (Fsp3) is 0.400. The number of piperazine rings is 1. The first kappa shape index (κ1) is 15.2. The van der Waals surface area contributed by atoms with Crippen LogP contribution in [-0.4, -0.2) is 47.2 Å². The highest BCUT2D eigenvalue weighted by atomic mass is 35.5. The largest absolute Gasteiger partial charge is 0.343 e. The number of hydrogen-bond acceptors (Lipinski definition) is 5. The van der Waals surface area contributed by atoms with Crippen LogP contribution in [-0.2, 0) is 11.2 Å². The van der Waals surface area contributed by atoms with Crippen molar-refractivity contribution in [3.63, 3.8) is 0 Å². The summed E-state index contributed by atoms with van der Waals surface area (Å²) in [6.07, 6.45) is 0.401. The lowest BCUT2D eigenvalue weighted by molar-refractivity contribution is -0.130. The number of rotatable bonds is 3. The molecule has 1 aromatic heterocycles. The van der Waals surface area contributed by atoms with Crippen LogP contribution >= 0.6 is 22.9 Å². The molecule has 1 aliphatic rings. The molecular formula is C15H17ClN4OS. The molecule has 5 nitrogen and oxygen atoms in total. The lowest BCUT2D eigenvalue weighted by Gasteiger charge is -2.34. The van der Waals surface area contributed by atoms with Crippen LogP contribution in [0.2, 0.25) is 5.02 Å². The third-order valence-corrected chi connectivity index (χ3v) is 4.80. The number of anilines is 1. The SMILES string of the molecule is Cc1nnc(N2CCN(C(=O)Cc3cccc(Cl)c3)CC2)s1. The second kappa shape index (κ2) is 6.62. The summed E-state index contributed by atoms with van der Waals surface area (Å²) in [5, 5.41) is 10.8. The molecule has 22 heavy (non-hydrogen) atoms. The second-order valence-electron chi connectivity index (χ2n) is 5.28. The molecule has 1 saturated heterocycles. The monoisotopic (exact) mass is 336 g/mol. The summed E-state index contributed by atoms with van der Waals surface area (Å²) in [7, 11) is 0. The second-order valence-corrected chi connectivity index (χ2v) is 6.87. The smallest absolute Gasteiger partial charge is 0.227 e. The van der Waals surface area contributed by atoms with E-state index in [2.05, 4.69) is 15.1 Å². The number of amides is 1. The first-order valence-corrected chi connectivity index (χ1v) is 8.38. The van der Waals surface area contributed by atoms with Crippen LogP contribution in [0.25, 0.3) is 0 Å². The molecule has 3 rings (SSSR count). The number of aromatic nitrogens is 2. The Kier molecular flexibility index (Phi) is 4.59. The van der Waals surface area contributed by atoms with Crippen LogP contribution in [0.3, 0.4) is 0 Å². The molecule has 2 heterocycles. The van der Waals surface area contributed by atoms with Gasteiger partial charge in [0.1, 0.15) is 5.01 Å². The fourth-order valence-corrected chi connectivity index (χ4v) is 3.45. The summed E-state index contributed by atoms with van der Waals surface area (Å²) in [6.45, 7) is 4.99. The van der Waals surface area contributed by atoms with E-state index in [9.17, 15) is 4.79 Å². The van der Waals surface area contributed by atoms with E-state index in [4.69, 9.17) is 11.6 Å². The lowest BCUT2D eigenvalue weighted by atomic mass is 10.1. The number of carbonyl (C=O) groups excluding carboxylic acids is 1. The van der Waals surface area contributed by atoms with Crippen LogP contribution in [0.1, 0.15) is 10.6 Å². The third-order valence-electron chi connectivity index (χ3n) is 3.66. The van der Waals surface area contributed by atoms with Gasteiger partial charge in [-0.15, -0.1) is 10.2 Å². The maximum Gasteiger partial charge on any atom is 0.227 e. The highest BCUT2D eigenvalue weighted by molar-refractivity contribution is 7.15. The Morgan fingerprint density at radius 3 is 2.68 bits per heavy atom. The number of nitrogens with zero attached hydrogens (tertiary/aromatic N) is 4. The quantitative estimate of drug-likeness (QED) is 0.863. The van der Waals surface area contributed by atoms with Gasteiger partial charge >= 0.3 is 0 Å². The summed E-state index contributed by atoms with van der Waals surface area (Å²) in [4.78, 5) is 16.5. The Bertz CT molecular complexity index is 667. The summed E-state index contributed by atoms with van der Waals surface area (Å²) in [5.74, 6) is 0.148. The summed E-state index contributed by atoms with van der Waals surface area (Å²) in [5.41, 5.74) is 0.958. The van der Waals surface area contributed by atoms with Crippen LogP contribution in [0.4, 0.5) is 5.13 Å². The molecule has 0 unspecified atom stereocenters. The Morgan fingerprint density at radius 1 is 1.27 bits per heavy atom. The zero-order valence-electron chi connectivity index (χ0n) is 12.3. The first-order chi connectivity index (χ1) is 10.6. The van der Waals surface area contributed by atoms with Gasteiger partial charge in [-0.05, 0) is 24.6 Å². The van der Waals surface area contributed by atoms with Crippen LogP contribution in [0, 0.1) is 6.92 Å². The Morgan fingerprint density at radius 2 is 2.05 bits per heavy atom. The van der Waals surface area contributed by atoms with Gasteiger partial charge in [0.2, 0.25) is 11.0 Å². The highest BCUT2D eigenvalue weighted by Gasteiger charge is 2.23. The van der Waals surface area contributed by atoms with Gasteiger partial charge in [-0.25, -0.2) is 0 Å². The lowest BCUT2D eigenvalue weighted by Crippen LogP contribution is -2.49. The molecule has 116 valence electrons. The van der Waals surface area contributed by atoms with Gasteiger partial charge < -0.3 is 9.80 Å². The van der Waals surface area contributed by atoms with E-state index in [1.807, 2.05) is 36.1 Å². The van der Waals surface area contributed by atoms with Gasteiger partial charge in [0.25, 0.3) is 0 Å². The Labute approximate surface area is 138 Å². The van der Waals surface area contributed by atoms with Gasteiger partial charge in [-0.3, -0.25) is 4.79 Å². The van der Waals surface area contributed by atoms with E-state index in [1.54, 1.807) is 11.3 Å². The fourth-order valence-electron chi connectivity index (χ4n) is 2.49. The summed E-state index contributed by atoms with van der Waals surface area (Å²) < 4.78 is 0. The molecule has 1 amide bonds. The van der Waals surface area contributed by atoms with Crippen molar-refractivity contribution in [3.8, 4) is 0 Å². The van der Waals surface area contributed by atoms with E-state index in [0.717, 1.165) is 41.9 Å². The predicted octanol–water partition coefficient (Wildman–Crippen LogP) is 2.39. The molecule has 1 aromatic carbocycles. The molecule has 0 bridgehead atoms. The van der Waals surface area contributed by atoms with E-state index < -0.39 is 0 Å². The van der Waals surface area contributed by atoms with Gasteiger partial charge in [-0.1, -0.05) is 35.1 Å². The van der Waals surface area contributed by atoms with Gasteiger partial charge in [-0.2, -0.15) is 0 Å². The van der Waals surface area contributed by atoms with Crippen molar-refractivity contribution in [1.29, 1.82) is 0 Å². The Hall–Kier alpha value is -1.66. The van der Waals surface area contributed by atoms with E-state index in [1.165, 1.54) is 0 Å². The zero-order chi connectivity index (χ0) is 15.5. The minimum absolute atomic E-state index is 0.148. The molecule has 7 heteroatoms. The molecule has 0 radical (unpaired) electrons. The maximum atomic E-state index is 12.4. The van der Waals surface area contributed by atoms with E-state index in [-0.39, 0.29) is 5.91 Å². The summed E-state index contributed by atoms with van der Waals surface area (Å²) >= 11 is 7.55. The molecule has 2 aromatic rings. The van der Waals surface area contributed by atoms with Crippen LogP contribution in [0.15, 0.2) is 24.3 Å². The third kappa shape index (κ3) is 3.56. The van der Waals surface area contributed by atoms with Gasteiger partial charge in [0, 0.05) is 31.2 Å². The molecule has 0 spiro atoms. The molecule has 1 fully saturated rings. The normalized spacial score (nSPS) is 15.2. The molecule has 0 atom stereocenters.